The Bertz CT molecular complexity index is 274. The molecule has 0 aliphatic heterocycles. The van der Waals surface area contributed by atoms with Crippen LogP contribution in [0.5, 0.6) is 0 Å². The number of amides is 2. The fourth-order valence-electron chi connectivity index (χ4n) is 1.24. The molecule has 2 amide bonds. The van der Waals surface area contributed by atoms with Crippen LogP contribution in [0.15, 0.2) is 0 Å². The molecule has 1 atom stereocenters. The van der Waals surface area contributed by atoms with Gasteiger partial charge in [-0.05, 0) is 12.8 Å². The molecule has 0 heterocycles. The van der Waals surface area contributed by atoms with Gasteiger partial charge in [-0.15, -0.1) is 0 Å². The predicted octanol–water partition coefficient (Wildman–Crippen LogP) is -0.133. The summed E-state index contributed by atoms with van der Waals surface area (Å²) in [6.45, 7) is 3.70. The zero-order valence-electron chi connectivity index (χ0n) is 9.53. The highest BCUT2D eigenvalue weighted by Crippen LogP contribution is 2.07. The Morgan fingerprint density at radius 3 is 2.12 bits per heavy atom. The molecule has 16 heavy (non-hydrogen) atoms. The third-order valence-corrected chi connectivity index (χ3v) is 2.34. The zero-order chi connectivity index (χ0) is 12.7. The Kier molecular flexibility index (Phi) is 6.32. The van der Waals surface area contributed by atoms with Crippen molar-refractivity contribution in [2.75, 3.05) is 0 Å². The van der Waals surface area contributed by atoms with Crippen LogP contribution in [-0.2, 0) is 14.4 Å². The minimum absolute atomic E-state index is 0.218. The van der Waals surface area contributed by atoms with Gasteiger partial charge in [-0.3, -0.25) is 19.7 Å². The summed E-state index contributed by atoms with van der Waals surface area (Å²) in [6, 6.07) is -1.27. The fourth-order valence-corrected chi connectivity index (χ4v) is 1.24. The Morgan fingerprint density at radius 2 is 1.75 bits per heavy atom. The molecule has 0 saturated heterocycles. The molecule has 92 valence electrons. The quantitative estimate of drug-likeness (QED) is 0.588. The summed E-state index contributed by atoms with van der Waals surface area (Å²) >= 11 is 0. The smallest absolute Gasteiger partial charge is 0.321 e. The molecule has 1 unspecified atom stereocenters. The molecule has 0 fully saturated rings. The first-order valence-electron chi connectivity index (χ1n) is 5.24. The molecular weight excluding hydrogens is 212 g/mol. The Labute approximate surface area is 94.2 Å². The molecule has 6 heteroatoms. The molecule has 0 aromatic carbocycles. The van der Waals surface area contributed by atoms with Crippen LogP contribution in [0.3, 0.4) is 0 Å². The van der Waals surface area contributed by atoms with E-state index in [2.05, 4.69) is 5.32 Å². The van der Waals surface area contributed by atoms with Gasteiger partial charge >= 0.3 is 5.97 Å². The van der Waals surface area contributed by atoms with Crippen molar-refractivity contribution in [2.24, 2.45) is 11.7 Å². The largest absolute Gasteiger partial charge is 0.480 e. The topological polar surface area (TPSA) is 109 Å². The minimum atomic E-state index is -1.27. The molecule has 0 bridgehead atoms. The van der Waals surface area contributed by atoms with E-state index in [0.717, 1.165) is 0 Å². The van der Waals surface area contributed by atoms with Gasteiger partial charge in [0.1, 0.15) is 6.04 Å². The number of hydrogen-bond acceptors (Lipinski definition) is 4. The van der Waals surface area contributed by atoms with E-state index < -0.39 is 17.9 Å². The minimum Gasteiger partial charge on any atom is -0.480 e. The van der Waals surface area contributed by atoms with Gasteiger partial charge < -0.3 is 10.8 Å². The molecule has 0 saturated carbocycles. The average Bonchev–Trinajstić information content (AvgIpc) is 2.18. The third-order valence-electron chi connectivity index (χ3n) is 2.34. The average molecular weight is 230 g/mol. The first-order chi connectivity index (χ1) is 7.42. The summed E-state index contributed by atoms with van der Waals surface area (Å²) < 4.78 is 0. The van der Waals surface area contributed by atoms with Gasteiger partial charge in [-0.25, -0.2) is 0 Å². The molecular formula is C10H18N2O4. The number of carbonyl (C=O) groups excluding carboxylic acids is 2. The molecule has 6 nitrogen and oxygen atoms in total. The van der Waals surface area contributed by atoms with E-state index in [4.69, 9.17) is 10.8 Å². The van der Waals surface area contributed by atoms with E-state index >= 15 is 0 Å². The van der Waals surface area contributed by atoms with Crippen molar-refractivity contribution in [1.82, 2.24) is 5.32 Å². The van der Waals surface area contributed by atoms with Crippen molar-refractivity contribution >= 4 is 17.8 Å². The van der Waals surface area contributed by atoms with E-state index in [9.17, 15) is 14.4 Å². The van der Waals surface area contributed by atoms with Crippen molar-refractivity contribution in [3.63, 3.8) is 0 Å². The van der Waals surface area contributed by atoms with Gasteiger partial charge in [0, 0.05) is 5.92 Å². The normalized spacial score (nSPS) is 12.2. The number of carbonyl (C=O) groups is 3. The lowest BCUT2D eigenvalue weighted by atomic mass is 10.0. The third kappa shape index (κ3) is 4.88. The van der Waals surface area contributed by atoms with Crippen LogP contribution in [0, 0.1) is 5.92 Å². The lowest BCUT2D eigenvalue weighted by Gasteiger charge is -2.12. The zero-order valence-corrected chi connectivity index (χ0v) is 9.53. The number of carboxylic acid groups (broad SMARTS) is 1. The van der Waals surface area contributed by atoms with Gasteiger partial charge in [-0.2, -0.15) is 0 Å². The Balaban J connectivity index is 4.14. The highest BCUT2D eigenvalue weighted by atomic mass is 16.4. The molecule has 4 N–H and O–H groups in total. The maximum atomic E-state index is 11.4. The van der Waals surface area contributed by atoms with Crippen molar-refractivity contribution in [1.29, 1.82) is 0 Å². The van der Waals surface area contributed by atoms with Gasteiger partial charge in [0.25, 0.3) is 0 Å². The summed E-state index contributed by atoms with van der Waals surface area (Å²) in [4.78, 5) is 33.1. The van der Waals surface area contributed by atoms with Gasteiger partial charge in [-0.1, -0.05) is 13.8 Å². The van der Waals surface area contributed by atoms with Crippen LogP contribution in [-0.4, -0.2) is 28.9 Å². The summed E-state index contributed by atoms with van der Waals surface area (Å²) in [5.41, 5.74) is 5.16. The van der Waals surface area contributed by atoms with Crippen LogP contribution in [0.2, 0.25) is 0 Å². The maximum absolute atomic E-state index is 11.4. The number of carboxylic acids is 1. The Hall–Kier alpha value is -1.43. The molecule has 0 rings (SSSR count). The number of imide groups is 1. The Morgan fingerprint density at radius 1 is 1.25 bits per heavy atom. The van der Waals surface area contributed by atoms with Gasteiger partial charge in [0.2, 0.25) is 11.8 Å². The molecule has 0 aromatic heterocycles. The molecule has 0 radical (unpaired) electrons. The van der Waals surface area contributed by atoms with E-state index in [-0.39, 0.29) is 18.2 Å². The van der Waals surface area contributed by atoms with Gasteiger partial charge in [0.15, 0.2) is 0 Å². The molecule has 0 spiro atoms. The first kappa shape index (κ1) is 14.6. The standard InChI is InChI=1S/C10H18N2O4/c1-3-6(4-2)9(14)12-8(13)5-7(11)10(15)16/h6-7H,3-5,11H2,1-2H3,(H,15,16)(H,12,13,14). The number of hydrogen-bond donors (Lipinski definition) is 3. The summed E-state index contributed by atoms with van der Waals surface area (Å²) in [5, 5.41) is 10.6. The van der Waals surface area contributed by atoms with Crippen molar-refractivity contribution in [3.05, 3.63) is 0 Å². The second kappa shape index (κ2) is 6.95. The number of rotatable bonds is 6. The fraction of sp³-hybridized carbons (Fsp3) is 0.700. The van der Waals surface area contributed by atoms with E-state index in [1.165, 1.54) is 0 Å². The van der Waals surface area contributed by atoms with Crippen LogP contribution in [0.25, 0.3) is 0 Å². The van der Waals surface area contributed by atoms with Crippen LogP contribution in [0.1, 0.15) is 33.1 Å². The second-order valence-electron chi connectivity index (χ2n) is 3.57. The van der Waals surface area contributed by atoms with Crippen LogP contribution in [0.4, 0.5) is 0 Å². The van der Waals surface area contributed by atoms with Gasteiger partial charge in [0.05, 0.1) is 6.42 Å². The SMILES string of the molecule is CCC(CC)C(=O)NC(=O)CC(N)C(=O)O. The van der Waals surface area contributed by atoms with Crippen LogP contribution < -0.4 is 11.1 Å². The lowest BCUT2D eigenvalue weighted by Crippen LogP contribution is -2.41. The van der Waals surface area contributed by atoms with Crippen molar-refractivity contribution in [2.45, 2.75) is 39.2 Å². The molecule has 0 aliphatic carbocycles. The maximum Gasteiger partial charge on any atom is 0.321 e. The molecule has 0 aliphatic rings. The summed E-state index contributed by atoms with van der Waals surface area (Å²) in [6.07, 6.45) is 0.891. The highest BCUT2D eigenvalue weighted by Gasteiger charge is 2.20. The van der Waals surface area contributed by atoms with E-state index in [0.29, 0.717) is 12.8 Å². The van der Waals surface area contributed by atoms with E-state index in [1.807, 2.05) is 13.8 Å². The van der Waals surface area contributed by atoms with Crippen molar-refractivity contribution < 1.29 is 19.5 Å². The predicted molar refractivity (Wildman–Crippen MR) is 57.4 cm³/mol. The van der Waals surface area contributed by atoms with E-state index in [1.54, 1.807) is 0 Å². The van der Waals surface area contributed by atoms with Crippen molar-refractivity contribution in [3.8, 4) is 0 Å². The highest BCUT2D eigenvalue weighted by molar-refractivity contribution is 5.97. The summed E-state index contributed by atoms with van der Waals surface area (Å²) in [5.74, 6) is -2.49. The second-order valence-corrected chi connectivity index (χ2v) is 3.57. The summed E-state index contributed by atoms with van der Waals surface area (Å²) in [7, 11) is 0. The number of aliphatic carboxylic acids is 1. The first-order valence-corrected chi connectivity index (χ1v) is 5.24. The molecule has 0 aromatic rings. The number of nitrogens with one attached hydrogen (secondary N) is 1. The number of nitrogens with two attached hydrogens (primary N) is 1. The lowest BCUT2D eigenvalue weighted by molar-refractivity contribution is -0.141. The van der Waals surface area contributed by atoms with Crippen LogP contribution >= 0.6 is 0 Å². The monoisotopic (exact) mass is 230 g/mol.